The van der Waals surface area contributed by atoms with Gasteiger partial charge >= 0.3 is 0 Å². The molecule has 0 aliphatic carbocycles. The Morgan fingerprint density at radius 2 is 2.05 bits per heavy atom. The van der Waals surface area contributed by atoms with Crippen LogP contribution < -0.4 is 0 Å². The molecule has 0 saturated carbocycles. The number of thiazole rings is 1. The van der Waals surface area contributed by atoms with Gasteiger partial charge in [0.05, 0.1) is 10.2 Å². The molecule has 0 atom stereocenters. The molecule has 0 N–H and O–H groups in total. The summed E-state index contributed by atoms with van der Waals surface area (Å²) in [7, 11) is 0. The lowest BCUT2D eigenvalue weighted by Gasteiger charge is -2.01. The first-order chi connectivity index (χ1) is 9.92. The second-order valence-electron chi connectivity index (χ2n) is 4.63. The van der Waals surface area contributed by atoms with Gasteiger partial charge in [-0.25, -0.2) is 4.98 Å². The predicted molar refractivity (Wildman–Crippen MR) is 86.4 cm³/mol. The van der Waals surface area contributed by atoms with Crippen molar-refractivity contribution in [2.45, 2.75) is 30.1 Å². The Labute approximate surface area is 127 Å². The minimum atomic E-state index is 1.03. The maximum Gasteiger partial charge on any atom is 0.151 e. The molecule has 5 heteroatoms. The van der Waals surface area contributed by atoms with Crippen molar-refractivity contribution in [2.24, 2.45) is 0 Å². The van der Waals surface area contributed by atoms with E-state index in [0.29, 0.717) is 0 Å². The Balaban J connectivity index is 1.37. The highest BCUT2D eigenvalue weighted by molar-refractivity contribution is 8.01. The molecule has 0 aliphatic heterocycles. The Morgan fingerprint density at radius 3 is 2.90 bits per heavy atom. The van der Waals surface area contributed by atoms with Crippen molar-refractivity contribution in [3.8, 4) is 0 Å². The summed E-state index contributed by atoms with van der Waals surface area (Å²) in [5.41, 5.74) is 1.12. The third kappa shape index (κ3) is 3.61. The first-order valence-electron chi connectivity index (χ1n) is 6.87. The maximum absolute atomic E-state index is 4.64. The van der Waals surface area contributed by atoms with Gasteiger partial charge < -0.3 is 0 Å². The molecule has 3 nitrogen and oxygen atoms in total. The number of para-hydroxylation sites is 1. The molecule has 0 aliphatic rings. The van der Waals surface area contributed by atoms with Gasteiger partial charge in [0.15, 0.2) is 4.34 Å². The van der Waals surface area contributed by atoms with Gasteiger partial charge in [0.25, 0.3) is 0 Å². The topological polar surface area (TPSA) is 30.7 Å². The van der Waals surface area contributed by atoms with Gasteiger partial charge in [-0.1, -0.05) is 30.3 Å². The van der Waals surface area contributed by atoms with Crippen LogP contribution in [0.25, 0.3) is 10.2 Å². The first kappa shape index (κ1) is 13.6. The van der Waals surface area contributed by atoms with E-state index in [1.165, 1.54) is 28.3 Å². The van der Waals surface area contributed by atoms with Crippen LogP contribution in [-0.4, -0.2) is 20.5 Å². The molecule has 20 heavy (non-hydrogen) atoms. The van der Waals surface area contributed by atoms with Crippen LogP contribution in [0.2, 0.25) is 0 Å². The van der Waals surface area contributed by atoms with E-state index in [1.54, 1.807) is 11.3 Å². The van der Waals surface area contributed by atoms with Gasteiger partial charge in [-0.05, 0) is 31.0 Å². The number of thioether (sulfide) groups is 1. The number of hydrogen-bond acceptors (Lipinski definition) is 4. The van der Waals surface area contributed by atoms with E-state index in [1.807, 2.05) is 41.0 Å². The highest BCUT2D eigenvalue weighted by Gasteiger charge is 2.03. The van der Waals surface area contributed by atoms with Gasteiger partial charge in [0.2, 0.25) is 0 Å². The number of hydrogen-bond donors (Lipinski definition) is 0. The summed E-state index contributed by atoms with van der Waals surface area (Å²) in [6, 6.07) is 10.3. The predicted octanol–water partition coefficient (Wildman–Crippen LogP) is 4.46. The van der Waals surface area contributed by atoms with E-state index in [-0.39, 0.29) is 0 Å². The molecule has 2 heterocycles. The SMILES string of the molecule is c1ccc2sc(SCCCCCn3cccn3)nc2c1. The normalized spacial score (nSPS) is 11.2. The second kappa shape index (κ2) is 6.90. The van der Waals surface area contributed by atoms with E-state index >= 15 is 0 Å². The number of benzene rings is 1. The van der Waals surface area contributed by atoms with E-state index in [9.17, 15) is 0 Å². The van der Waals surface area contributed by atoms with Crippen molar-refractivity contribution < 1.29 is 0 Å². The van der Waals surface area contributed by atoms with Crippen LogP contribution in [-0.2, 0) is 6.54 Å². The fourth-order valence-corrected chi connectivity index (χ4v) is 4.20. The van der Waals surface area contributed by atoms with Gasteiger partial charge in [0, 0.05) is 24.7 Å². The summed E-state index contributed by atoms with van der Waals surface area (Å²) in [4.78, 5) is 4.64. The van der Waals surface area contributed by atoms with E-state index < -0.39 is 0 Å². The van der Waals surface area contributed by atoms with Gasteiger partial charge in [-0.2, -0.15) is 5.10 Å². The van der Waals surface area contributed by atoms with Crippen molar-refractivity contribution >= 4 is 33.3 Å². The molecule has 0 bridgehead atoms. The second-order valence-corrected chi connectivity index (χ2v) is 7.00. The smallest absolute Gasteiger partial charge is 0.151 e. The number of aromatic nitrogens is 3. The minimum absolute atomic E-state index is 1.03. The Morgan fingerprint density at radius 1 is 1.10 bits per heavy atom. The molecule has 2 aromatic heterocycles. The molecule has 0 fully saturated rings. The molecule has 0 saturated heterocycles. The van der Waals surface area contributed by atoms with Crippen LogP contribution in [0.4, 0.5) is 0 Å². The largest absolute Gasteiger partial charge is 0.273 e. The van der Waals surface area contributed by atoms with Gasteiger partial charge in [-0.15, -0.1) is 11.3 Å². The van der Waals surface area contributed by atoms with Crippen molar-refractivity contribution in [2.75, 3.05) is 5.75 Å². The van der Waals surface area contributed by atoms with E-state index in [2.05, 4.69) is 28.3 Å². The quantitative estimate of drug-likeness (QED) is 0.477. The molecule has 0 spiro atoms. The third-order valence-corrected chi connectivity index (χ3v) is 5.36. The Bertz CT molecular complexity index is 613. The highest BCUT2D eigenvalue weighted by atomic mass is 32.2. The van der Waals surface area contributed by atoms with E-state index in [0.717, 1.165) is 17.8 Å². The van der Waals surface area contributed by atoms with E-state index in [4.69, 9.17) is 0 Å². The number of rotatable bonds is 7. The number of aryl methyl sites for hydroxylation is 1. The van der Waals surface area contributed by atoms with Crippen molar-refractivity contribution in [3.05, 3.63) is 42.7 Å². The van der Waals surface area contributed by atoms with Crippen LogP contribution in [0.15, 0.2) is 47.1 Å². The average molecular weight is 303 g/mol. The van der Waals surface area contributed by atoms with Gasteiger partial charge in [-0.3, -0.25) is 4.68 Å². The fraction of sp³-hybridized carbons (Fsp3) is 0.333. The zero-order chi connectivity index (χ0) is 13.6. The Kier molecular flexibility index (Phi) is 4.71. The standard InChI is InChI=1S/C15H17N3S2/c1(4-10-18-11-6-9-16-18)5-12-19-15-17-13-7-2-3-8-14(13)20-15/h2-3,6-9,11H,1,4-5,10,12H2. The molecular weight excluding hydrogens is 286 g/mol. The summed E-state index contributed by atoms with van der Waals surface area (Å²) in [5, 5.41) is 4.21. The van der Waals surface area contributed by atoms with Crippen molar-refractivity contribution in [1.82, 2.24) is 14.8 Å². The molecular formula is C15H17N3S2. The Hall–Kier alpha value is -1.33. The lowest BCUT2D eigenvalue weighted by atomic mass is 10.2. The number of unbranched alkanes of at least 4 members (excludes halogenated alkanes) is 2. The summed E-state index contributed by atoms with van der Waals surface area (Å²) < 4.78 is 4.48. The van der Waals surface area contributed by atoms with Crippen molar-refractivity contribution in [1.29, 1.82) is 0 Å². The zero-order valence-corrected chi connectivity index (χ0v) is 12.9. The fourth-order valence-electron chi connectivity index (χ4n) is 2.06. The third-order valence-electron chi connectivity index (χ3n) is 3.09. The lowest BCUT2D eigenvalue weighted by Crippen LogP contribution is -1.97. The number of fused-ring (bicyclic) bond motifs is 1. The van der Waals surface area contributed by atoms with Gasteiger partial charge in [0.1, 0.15) is 0 Å². The molecule has 0 amide bonds. The lowest BCUT2D eigenvalue weighted by molar-refractivity contribution is 0.554. The molecule has 0 unspecified atom stereocenters. The van der Waals surface area contributed by atoms with Crippen molar-refractivity contribution in [3.63, 3.8) is 0 Å². The summed E-state index contributed by atoms with van der Waals surface area (Å²) in [6.07, 6.45) is 7.54. The molecule has 3 aromatic rings. The maximum atomic E-state index is 4.64. The number of nitrogens with zero attached hydrogens (tertiary/aromatic N) is 3. The average Bonchev–Trinajstić information content (AvgIpc) is 3.11. The molecule has 0 radical (unpaired) electrons. The molecule has 3 rings (SSSR count). The zero-order valence-electron chi connectivity index (χ0n) is 11.2. The first-order valence-corrected chi connectivity index (χ1v) is 8.68. The molecule has 1 aromatic carbocycles. The summed E-state index contributed by atoms with van der Waals surface area (Å²) in [6.45, 7) is 1.03. The minimum Gasteiger partial charge on any atom is -0.273 e. The monoisotopic (exact) mass is 303 g/mol. The highest BCUT2D eigenvalue weighted by Crippen LogP contribution is 2.29. The van der Waals surface area contributed by atoms with Crippen LogP contribution in [0.3, 0.4) is 0 Å². The van der Waals surface area contributed by atoms with Crippen LogP contribution in [0.5, 0.6) is 0 Å². The summed E-state index contributed by atoms with van der Waals surface area (Å²) >= 11 is 3.68. The van der Waals surface area contributed by atoms with Crippen LogP contribution in [0.1, 0.15) is 19.3 Å². The van der Waals surface area contributed by atoms with Crippen LogP contribution in [0, 0.1) is 0 Å². The van der Waals surface area contributed by atoms with Crippen LogP contribution >= 0.6 is 23.1 Å². The summed E-state index contributed by atoms with van der Waals surface area (Å²) in [5.74, 6) is 1.15. The molecule has 104 valence electrons.